The Kier molecular flexibility index (Phi) is 4.14. The second-order valence-electron chi connectivity index (χ2n) is 4.12. The molecule has 0 spiro atoms. The number of carbonyl (C=O) groups excluding carboxylic acids is 2. The molecule has 1 aromatic carbocycles. The SMILES string of the molecule is O=C1C(=O)N(CCOCC(F)(F)F)c2ccc(Br)cc21. The van der Waals surface area contributed by atoms with Crippen LogP contribution < -0.4 is 4.90 Å². The maximum absolute atomic E-state index is 11.9. The molecule has 1 aromatic rings. The van der Waals surface area contributed by atoms with Crippen molar-refractivity contribution in [3.05, 3.63) is 28.2 Å². The van der Waals surface area contributed by atoms with Crippen molar-refractivity contribution in [3.8, 4) is 0 Å². The molecule has 1 heterocycles. The number of alkyl halides is 3. The molecule has 2 rings (SSSR count). The van der Waals surface area contributed by atoms with Crippen molar-refractivity contribution in [2.75, 3.05) is 24.7 Å². The first-order chi connectivity index (χ1) is 9.29. The van der Waals surface area contributed by atoms with Crippen LogP contribution in [0.25, 0.3) is 0 Å². The Hall–Kier alpha value is -1.41. The minimum atomic E-state index is -4.41. The summed E-state index contributed by atoms with van der Waals surface area (Å²) in [6, 6.07) is 4.71. The quantitative estimate of drug-likeness (QED) is 0.618. The Labute approximate surface area is 120 Å². The van der Waals surface area contributed by atoms with E-state index in [9.17, 15) is 22.8 Å². The van der Waals surface area contributed by atoms with Gasteiger partial charge in [-0.2, -0.15) is 13.2 Å². The minimum absolute atomic E-state index is 0.102. The van der Waals surface area contributed by atoms with E-state index in [1.807, 2.05) is 0 Å². The highest BCUT2D eigenvalue weighted by molar-refractivity contribution is 9.10. The van der Waals surface area contributed by atoms with Crippen LogP contribution in [0.1, 0.15) is 10.4 Å². The van der Waals surface area contributed by atoms with Gasteiger partial charge in [0.1, 0.15) is 6.61 Å². The van der Waals surface area contributed by atoms with Crippen LogP contribution >= 0.6 is 15.9 Å². The van der Waals surface area contributed by atoms with Gasteiger partial charge >= 0.3 is 6.18 Å². The standard InChI is InChI=1S/C12H9BrF3NO3/c13-7-1-2-9-8(5-7)10(18)11(19)17(9)3-4-20-6-12(14,15)16/h1-2,5H,3-4,6H2. The van der Waals surface area contributed by atoms with Crippen LogP contribution in [0.15, 0.2) is 22.7 Å². The van der Waals surface area contributed by atoms with Crippen LogP contribution in [-0.2, 0) is 9.53 Å². The molecular weight excluding hydrogens is 343 g/mol. The molecule has 8 heteroatoms. The summed E-state index contributed by atoms with van der Waals surface area (Å²) >= 11 is 3.19. The molecule has 4 nitrogen and oxygen atoms in total. The summed E-state index contributed by atoms with van der Waals surface area (Å²) in [5.41, 5.74) is 0.624. The maximum atomic E-state index is 11.9. The molecule has 1 aliphatic rings. The first kappa shape index (κ1) is 15.0. The van der Waals surface area contributed by atoms with Gasteiger partial charge in [-0.05, 0) is 18.2 Å². The fourth-order valence-corrected chi connectivity index (χ4v) is 2.20. The fourth-order valence-electron chi connectivity index (χ4n) is 1.84. The smallest absolute Gasteiger partial charge is 0.370 e. The molecule has 0 saturated carbocycles. The Morgan fingerprint density at radius 2 is 1.95 bits per heavy atom. The van der Waals surface area contributed by atoms with Crippen LogP contribution in [0.2, 0.25) is 0 Å². The zero-order valence-corrected chi connectivity index (χ0v) is 11.6. The number of carbonyl (C=O) groups is 2. The van der Waals surface area contributed by atoms with Crippen LogP contribution in [0.4, 0.5) is 18.9 Å². The molecule has 0 aliphatic carbocycles. The van der Waals surface area contributed by atoms with Gasteiger partial charge in [-0.25, -0.2) is 0 Å². The lowest BCUT2D eigenvalue weighted by molar-refractivity contribution is -0.173. The van der Waals surface area contributed by atoms with E-state index in [-0.39, 0.29) is 18.7 Å². The van der Waals surface area contributed by atoms with E-state index in [2.05, 4.69) is 20.7 Å². The Bertz CT molecular complexity index is 559. The third kappa shape index (κ3) is 3.18. The number of rotatable bonds is 4. The predicted molar refractivity (Wildman–Crippen MR) is 67.7 cm³/mol. The van der Waals surface area contributed by atoms with Crippen LogP contribution in [0, 0.1) is 0 Å². The maximum Gasteiger partial charge on any atom is 0.411 e. The van der Waals surface area contributed by atoms with E-state index >= 15 is 0 Å². The normalized spacial score (nSPS) is 14.9. The molecule has 108 valence electrons. The summed E-state index contributed by atoms with van der Waals surface area (Å²) in [5.74, 6) is -1.43. The summed E-state index contributed by atoms with van der Waals surface area (Å²) in [5, 5.41) is 0. The second kappa shape index (κ2) is 5.53. The number of ketones is 1. The molecule has 0 radical (unpaired) electrons. The van der Waals surface area contributed by atoms with E-state index in [0.29, 0.717) is 10.2 Å². The van der Waals surface area contributed by atoms with Crippen molar-refractivity contribution in [2.24, 2.45) is 0 Å². The van der Waals surface area contributed by atoms with Gasteiger partial charge in [-0.1, -0.05) is 15.9 Å². The number of halogens is 4. The number of fused-ring (bicyclic) bond motifs is 1. The van der Waals surface area contributed by atoms with Crippen molar-refractivity contribution in [3.63, 3.8) is 0 Å². The number of anilines is 1. The molecule has 0 atom stereocenters. The summed E-state index contributed by atoms with van der Waals surface area (Å²) < 4.78 is 40.8. The highest BCUT2D eigenvalue weighted by Gasteiger charge is 2.35. The second-order valence-corrected chi connectivity index (χ2v) is 5.03. The molecule has 0 N–H and O–H groups in total. The van der Waals surface area contributed by atoms with Gasteiger partial charge in [0, 0.05) is 11.0 Å². The van der Waals surface area contributed by atoms with E-state index < -0.39 is 24.5 Å². The number of hydrogen-bond donors (Lipinski definition) is 0. The van der Waals surface area contributed by atoms with Crippen LogP contribution in [0.5, 0.6) is 0 Å². The van der Waals surface area contributed by atoms with Gasteiger partial charge in [0.2, 0.25) is 0 Å². The highest BCUT2D eigenvalue weighted by atomic mass is 79.9. The lowest BCUT2D eigenvalue weighted by Gasteiger charge is -2.16. The molecule has 20 heavy (non-hydrogen) atoms. The number of hydrogen-bond acceptors (Lipinski definition) is 3. The lowest BCUT2D eigenvalue weighted by atomic mass is 10.1. The largest absolute Gasteiger partial charge is 0.411 e. The van der Waals surface area contributed by atoms with E-state index in [0.717, 1.165) is 4.90 Å². The van der Waals surface area contributed by atoms with Gasteiger partial charge in [0.25, 0.3) is 11.7 Å². The van der Waals surface area contributed by atoms with E-state index in [1.165, 1.54) is 6.07 Å². The molecule has 1 amide bonds. The number of ether oxygens (including phenoxy) is 1. The molecule has 0 unspecified atom stereocenters. The predicted octanol–water partition coefficient (Wildman–Crippen LogP) is 2.56. The van der Waals surface area contributed by atoms with E-state index in [4.69, 9.17) is 0 Å². The Balaban J connectivity index is 2.03. The Morgan fingerprint density at radius 3 is 2.60 bits per heavy atom. The van der Waals surface area contributed by atoms with Gasteiger partial charge in [0.05, 0.1) is 17.9 Å². The summed E-state index contributed by atoms with van der Waals surface area (Å²) in [6.45, 7) is -1.78. The lowest BCUT2D eigenvalue weighted by Crippen LogP contribution is -2.33. The number of nitrogens with zero attached hydrogens (tertiary/aromatic N) is 1. The third-order valence-electron chi connectivity index (χ3n) is 2.66. The van der Waals surface area contributed by atoms with Crippen molar-refractivity contribution >= 4 is 33.3 Å². The zero-order chi connectivity index (χ0) is 14.9. The molecule has 0 saturated heterocycles. The summed E-state index contributed by atoms with van der Waals surface area (Å²) in [7, 11) is 0. The third-order valence-corrected chi connectivity index (χ3v) is 3.15. The van der Waals surface area contributed by atoms with Crippen molar-refractivity contribution in [2.45, 2.75) is 6.18 Å². The number of benzene rings is 1. The molecule has 1 aliphatic heterocycles. The topological polar surface area (TPSA) is 46.6 Å². The fraction of sp³-hybridized carbons (Fsp3) is 0.333. The van der Waals surface area contributed by atoms with Gasteiger partial charge in [-0.3, -0.25) is 9.59 Å². The van der Waals surface area contributed by atoms with E-state index in [1.54, 1.807) is 12.1 Å². The average Bonchev–Trinajstić information content (AvgIpc) is 2.58. The van der Waals surface area contributed by atoms with Crippen molar-refractivity contribution < 1.29 is 27.5 Å². The summed E-state index contributed by atoms with van der Waals surface area (Å²) in [4.78, 5) is 24.6. The minimum Gasteiger partial charge on any atom is -0.370 e. The molecule has 0 aromatic heterocycles. The highest BCUT2D eigenvalue weighted by Crippen LogP contribution is 2.31. The molecule has 0 bridgehead atoms. The first-order valence-electron chi connectivity index (χ1n) is 5.60. The first-order valence-corrected chi connectivity index (χ1v) is 6.39. The van der Waals surface area contributed by atoms with Crippen molar-refractivity contribution in [1.82, 2.24) is 0 Å². The monoisotopic (exact) mass is 351 g/mol. The average molecular weight is 352 g/mol. The van der Waals surface area contributed by atoms with Gasteiger partial charge < -0.3 is 9.64 Å². The molecule has 0 fully saturated rings. The number of amides is 1. The Morgan fingerprint density at radius 1 is 1.25 bits per heavy atom. The van der Waals surface area contributed by atoms with Gasteiger partial charge in [0.15, 0.2) is 0 Å². The van der Waals surface area contributed by atoms with Crippen LogP contribution in [0.3, 0.4) is 0 Å². The number of Topliss-reactive ketones (excluding diaryl/α,β-unsaturated/α-hetero) is 1. The zero-order valence-electron chi connectivity index (χ0n) is 10.0. The van der Waals surface area contributed by atoms with Crippen LogP contribution in [-0.4, -0.2) is 37.6 Å². The summed E-state index contributed by atoms with van der Waals surface area (Å²) in [6.07, 6.45) is -4.41. The van der Waals surface area contributed by atoms with Gasteiger partial charge in [-0.15, -0.1) is 0 Å². The molecular formula is C12H9BrF3NO3. The van der Waals surface area contributed by atoms with Crippen molar-refractivity contribution in [1.29, 1.82) is 0 Å².